The molecule has 1 atom stereocenters. The average Bonchev–Trinajstić information content (AvgIpc) is 2.90. The lowest BCUT2D eigenvalue weighted by Gasteiger charge is -2.36. The van der Waals surface area contributed by atoms with Gasteiger partial charge in [0.1, 0.15) is 16.6 Å². The van der Waals surface area contributed by atoms with E-state index in [9.17, 15) is 5.26 Å². The number of ether oxygens (including phenoxy) is 1. The van der Waals surface area contributed by atoms with Crippen LogP contribution in [0.3, 0.4) is 0 Å². The number of rotatable bonds is 3. The van der Waals surface area contributed by atoms with Gasteiger partial charge in [0.2, 0.25) is 0 Å². The van der Waals surface area contributed by atoms with Gasteiger partial charge >= 0.3 is 0 Å². The van der Waals surface area contributed by atoms with E-state index in [1.165, 1.54) is 5.56 Å². The van der Waals surface area contributed by atoms with Crippen molar-refractivity contribution in [1.82, 2.24) is 4.90 Å². The van der Waals surface area contributed by atoms with Crippen LogP contribution in [0.25, 0.3) is 0 Å². The third-order valence-electron chi connectivity index (χ3n) is 4.43. The van der Waals surface area contributed by atoms with Crippen molar-refractivity contribution < 1.29 is 4.74 Å². The third-order valence-corrected chi connectivity index (χ3v) is 5.71. The predicted octanol–water partition coefficient (Wildman–Crippen LogP) is 2.71. The van der Waals surface area contributed by atoms with Gasteiger partial charge in [0.15, 0.2) is 0 Å². The van der Waals surface area contributed by atoms with Crippen LogP contribution in [-0.2, 0) is 6.42 Å². The molecule has 4 heteroatoms. The zero-order valence-electron chi connectivity index (χ0n) is 11.8. The average molecular weight is 288 g/mol. The summed E-state index contributed by atoms with van der Waals surface area (Å²) in [6.07, 6.45) is 5.26. The lowest BCUT2D eigenvalue weighted by molar-refractivity contribution is 0.130. The van der Waals surface area contributed by atoms with Crippen molar-refractivity contribution in [3.63, 3.8) is 0 Å². The van der Waals surface area contributed by atoms with Gasteiger partial charge in [-0.3, -0.25) is 4.90 Å². The molecule has 1 saturated heterocycles. The fourth-order valence-corrected chi connectivity index (χ4v) is 3.78. The molecular weight excluding hydrogens is 268 g/mol. The summed E-state index contributed by atoms with van der Waals surface area (Å²) in [6.45, 7) is 2.99. The second-order valence-electron chi connectivity index (χ2n) is 5.66. The summed E-state index contributed by atoms with van der Waals surface area (Å²) in [4.78, 5) is 2.45. The second kappa shape index (κ2) is 5.67. The summed E-state index contributed by atoms with van der Waals surface area (Å²) in [5.41, 5.74) is 1.32. The largest absolute Gasteiger partial charge is 0.488 e. The summed E-state index contributed by atoms with van der Waals surface area (Å²) in [5.74, 6) is 1.05. The van der Waals surface area contributed by atoms with Gasteiger partial charge in [0, 0.05) is 26.1 Å². The molecule has 3 nitrogen and oxygen atoms in total. The normalized spacial score (nSPS) is 24.7. The molecule has 2 aliphatic heterocycles. The fraction of sp³-hybridized carbons (Fsp3) is 0.562. The second-order valence-corrected chi connectivity index (χ2v) is 6.85. The number of hydrogen-bond donors (Lipinski definition) is 0. The molecule has 0 saturated carbocycles. The Morgan fingerprint density at radius 1 is 1.40 bits per heavy atom. The van der Waals surface area contributed by atoms with Gasteiger partial charge in [-0.25, -0.2) is 0 Å². The van der Waals surface area contributed by atoms with E-state index in [-0.39, 0.29) is 10.9 Å². The highest BCUT2D eigenvalue weighted by Crippen LogP contribution is 2.34. The number of fused-ring (bicyclic) bond motifs is 1. The Labute approximate surface area is 124 Å². The maximum absolute atomic E-state index is 9.32. The molecule has 0 aromatic heterocycles. The van der Waals surface area contributed by atoms with Crippen molar-refractivity contribution in [2.45, 2.75) is 30.1 Å². The fourth-order valence-electron chi connectivity index (χ4n) is 3.10. The van der Waals surface area contributed by atoms with Crippen LogP contribution in [0.4, 0.5) is 0 Å². The Bertz CT molecular complexity index is 492. The summed E-state index contributed by atoms with van der Waals surface area (Å²) in [7, 11) is 0. The summed E-state index contributed by atoms with van der Waals surface area (Å²) in [5, 5.41) is 9.32. The van der Waals surface area contributed by atoms with Gasteiger partial charge in [-0.05, 0) is 30.7 Å². The van der Waals surface area contributed by atoms with E-state index in [4.69, 9.17) is 4.74 Å². The van der Waals surface area contributed by atoms with Crippen LogP contribution in [0.1, 0.15) is 18.4 Å². The van der Waals surface area contributed by atoms with Gasteiger partial charge in [0.25, 0.3) is 0 Å². The maximum Gasteiger partial charge on any atom is 0.123 e. The molecule has 2 heterocycles. The Hall–Kier alpha value is -1.18. The maximum atomic E-state index is 9.32. The Morgan fingerprint density at radius 3 is 2.80 bits per heavy atom. The minimum atomic E-state index is -0.157. The first-order valence-corrected chi connectivity index (χ1v) is 8.40. The molecule has 0 N–H and O–H groups in total. The number of nitrogens with zero attached hydrogens (tertiary/aromatic N) is 2. The van der Waals surface area contributed by atoms with Gasteiger partial charge in [-0.2, -0.15) is 5.26 Å². The van der Waals surface area contributed by atoms with Gasteiger partial charge in [0.05, 0.1) is 6.07 Å². The molecule has 1 aromatic carbocycles. The standard InChI is InChI=1S/C16H20N2OS/c1-20-16(12-17)6-8-18(9-7-16)11-14-10-13-4-2-3-5-15(13)19-14/h2-5,14H,6-11H2,1H3. The number of nitriles is 1. The third kappa shape index (κ3) is 2.65. The molecule has 3 rings (SSSR count). The van der Waals surface area contributed by atoms with E-state index in [2.05, 4.69) is 35.4 Å². The molecule has 1 fully saturated rings. The summed E-state index contributed by atoms with van der Waals surface area (Å²) < 4.78 is 5.85. The first-order valence-electron chi connectivity index (χ1n) is 7.18. The molecule has 0 radical (unpaired) electrons. The zero-order chi connectivity index (χ0) is 14.0. The molecule has 20 heavy (non-hydrogen) atoms. The molecule has 0 aliphatic carbocycles. The Morgan fingerprint density at radius 2 is 2.15 bits per heavy atom. The highest BCUT2D eigenvalue weighted by molar-refractivity contribution is 8.00. The highest BCUT2D eigenvalue weighted by Gasteiger charge is 2.35. The lowest BCUT2D eigenvalue weighted by Crippen LogP contribution is -2.45. The number of hydrogen-bond acceptors (Lipinski definition) is 4. The smallest absolute Gasteiger partial charge is 0.123 e. The van der Waals surface area contributed by atoms with Crippen LogP contribution in [-0.4, -0.2) is 41.6 Å². The van der Waals surface area contributed by atoms with Crippen molar-refractivity contribution in [2.75, 3.05) is 25.9 Å². The van der Waals surface area contributed by atoms with Crippen molar-refractivity contribution >= 4 is 11.8 Å². The van der Waals surface area contributed by atoms with Crippen LogP contribution in [0.2, 0.25) is 0 Å². The van der Waals surface area contributed by atoms with E-state index in [0.29, 0.717) is 0 Å². The van der Waals surface area contributed by atoms with Gasteiger partial charge < -0.3 is 4.74 Å². The molecule has 106 valence electrons. The van der Waals surface area contributed by atoms with E-state index < -0.39 is 0 Å². The lowest BCUT2D eigenvalue weighted by atomic mass is 9.97. The molecule has 2 aliphatic rings. The van der Waals surface area contributed by atoms with Gasteiger partial charge in [-0.1, -0.05) is 18.2 Å². The summed E-state index contributed by atoms with van der Waals surface area (Å²) in [6, 6.07) is 10.8. The van der Waals surface area contributed by atoms with Crippen LogP contribution in [0.5, 0.6) is 5.75 Å². The minimum absolute atomic E-state index is 0.157. The van der Waals surface area contributed by atoms with Crippen molar-refractivity contribution in [1.29, 1.82) is 5.26 Å². The quantitative estimate of drug-likeness (QED) is 0.857. The molecule has 0 bridgehead atoms. The first-order chi connectivity index (χ1) is 9.74. The number of thioether (sulfide) groups is 1. The van der Waals surface area contributed by atoms with Crippen molar-refractivity contribution in [2.24, 2.45) is 0 Å². The van der Waals surface area contributed by atoms with Gasteiger partial charge in [-0.15, -0.1) is 11.8 Å². The van der Waals surface area contributed by atoms with Crippen molar-refractivity contribution in [3.05, 3.63) is 29.8 Å². The minimum Gasteiger partial charge on any atom is -0.488 e. The van der Waals surface area contributed by atoms with Crippen LogP contribution >= 0.6 is 11.8 Å². The SMILES string of the molecule is CSC1(C#N)CCN(CC2Cc3ccccc3O2)CC1. The predicted molar refractivity (Wildman–Crippen MR) is 82.1 cm³/mol. The number of benzene rings is 1. The van der Waals surface area contributed by atoms with Crippen LogP contribution in [0, 0.1) is 11.3 Å². The molecular formula is C16H20N2OS. The topological polar surface area (TPSA) is 36.3 Å². The highest BCUT2D eigenvalue weighted by atomic mass is 32.2. The Kier molecular flexibility index (Phi) is 3.91. The molecule has 1 unspecified atom stereocenters. The van der Waals surface area contributed by atoms with Crippen LogP contribution in [0.15, 0.2) is 24.3 Å². The molecule has 0 spiro atoms. The van der Waals surface area contributed by atoms with Crippen molar-refractivity contribution in [3.8, 4) is 11.8 Å². The van der Waals surface area contributed by atoms with E-state index in [1.807, 2.05) is 6.07 Å². The zero-order valence-corrected chi connectivity index (χ0v) is 12.7. The molecule has 0 amide bonds. The molecule has 1 aromatic rings. The van der Waals surface area contributed by atoms with E-state index >= 15 is 0 Å². The van der Waals surface area contributed by atoms with Crippen LogP contribution < -0.4 is 4.74 Å². The van der Waals surface area contributed by atoms with E-state index in [0.717, 1.165) is 44.6 Å². The monoisotopic (exact) mass is 288 g/mol. The number of para-hydroxylation sites is 1. The Balaban J connectivity index is 1.54. The van der Waals surface area contributed by atoms with E-state index in [1.54, 1.807) is 11.8 Å². The summed E-state index contributed by atoms with van der Waals surface area (Å²) >= 11 is 1.71. The number of piperidine rings is 1. The first kappa shape index (κ1) is 13.8. The number of likely N-dealkylation sites (tertiary alicyclic amines) is 1.